The molecule has 2 aromatic heterocycles. The van der Waals surface area contributed by atoms with Crippen molar-refractivity contribution in [1.82, 2.24) is 4.72 Å². The second kappa shape index (κ2) is 8.93. The maximum Gasteiger partial charge on any atom is 0.255 e. The first-order valence-corrected chi connectivity index (χ1v) is 12.4. The summed E-state index contributed by atoms with van der Waals surface area (Å²) in [6.07, 6.45) is 0. The van der Waals surface area contributed by atoms with E-state index < -0.39 is 10.0 Å². The summed E-state index contributed by atoms with van der Waals surface area (Å²) in [4.78, 5) is 13.7. The molecule has 30 heavy (non-hydrogen) atoms. The predicted octanol–water partition coefficient (Wildman–Crippen LogP) is 5.21. The third-order valence-electron chi connectivity index (χ3n) is 4.40. The van der Waals surface area contributed by atoms with Crippen LogP contribution in [0.4, 0.5) is 5.69 Å². The highest BCUT2D eigenvalue weighted by Crippen LogP contribution is 2.25. The predicted molar refractivity (Wildman–Crippen MR) is 122 cm³/mol. The van der Waals surface area contributed by atoms with E-state index >= 15 is 0 Å². The molecule has 0 atom stereocenters. The summed E-state index contributed by atoms with van der Waals surface area (Å²) in [5, 5.41) is 8.77. The Labute approximate surface area is 183 Å². The fourth-order valence-electron chi connectivity index (χ4n) is 2.88. The Kier molecular flexibility index (Phi) is 6.10. The number of sulfonamides is 1. The van der Waals surface area contributed by atoms with Gasteiger partial charge in [-0.2, -0.15) is 11.3 Å². The number of carbonyl (C=O) groups is 1. The van der Waals surface area contributed by atoms with Gasteiger partial charge in [0.1, 0.15) is 0 Å². The molecule has 0 saturated carbocycles. The maximum absolute atomic E-state index is 12.7. The van der Waals surface area contributed by atoms with E-state index in [-0.39, 0.29) is 22.9 Å². The van der Waals surface area contributed by atoms with E-state index in [2.05, 4.69) is 10.0 Å². The summed E-state index contributed by atoms with van der Waals surface area (Å²) >= 11 is 3.09. The minimum atomic E-state index is -3.72. The molecule has 0 spiro atoms. The molecule has 0 aliphatic rings. The van der Waals surface area contributed by atoms with Crippen molar-refractivity contribution >= 4 is 44.3 Å². The molecule has 0 fully saturated rings. The van der Waals surface area contributed by atoms with Crippen molar-refractivity contribution in [3.05, 3.63) is 93.3 Å². The van der Waals surface area contributed by atoms with Gasteiger partial charge < -0.3 is 5.32 Å². The molecule has 1 amide bonds. The molecule has 2 aromatic carbocycles. The summed E-state index contributed by atoms with van der Waals surface area (Å²) in [6.45, 7) is 0.214. The Hall–Kier alpha value is -2.78. The van der Waals surface area contributed by atoms with E-state index in [1.54, 1.807) is 29.5 Å². The third-order valence-corrected chi connectivity index (χ3v) is 7.36. The van der Waals surface area contributed by atoms with E-state index in [0.29, 0.717) is 5.69 Å². The van der Waals surface area contributed by atoms with Crippen LogP contribution in [0.5, 0.6) is 0 Å². The molecule has 0 aliphatic heterocycles. The number of thiophene rings is 2. The summed E-state index contributed by atoms with van der Waals surface area (Å²) in [5.74, 6) is -0.368. The fourth-order valence-corrected chi connectivity index (χ4v) is 5.33. The number of anilines is 1. The summed E-state index contributed by atoms with van der Waals surface area (Å²) in [6, 6.07) is 19.3. The Bertz CT molecular complexity index is 1250. The molecule has 2 heterocycles. The molecule has 8 heteroatoms. The Morgan fingerprint density at radius 1 is 0.900 bits per heavy atom. The molecule has 152 valence electrons. The largest absolute Gasteiger partial charge is 0.322 e. The average Bonchev–Trinajstić information content (AvgIpc) is 3.47. The number of rotatable bonds is 7. The van der Waals surface area contributed by atoms with E-state index in [1.807, 2.05) is 52.5 Å². The Balaban J connectivity index is 1.49. The second-order valence-electron chi connectivity index (χ2n) is 6.48. The molecular formula is C22H18N2O3S3. The van der Waals surface area contributed by atoms with E-state index in [4.69, 9.17) is 0 Å². The van der Waals surface area contributed by atoms with E-state index in [1.165, 1.54) is 23.5 Å². The van der Waals surface area contributed by atoms with Crippen molar-refractivity contribution in [1.29, 1.82) is 0 Å². The molecule has 0 radical (unpaired) electrons. The van der Waals surface area contributed by atoms with Crippen LogP contribution in [0.1, 0.15) is 15.2 Å². The van der Waals surface area contributed by atoms with Gasteiger partial charge in [0.15, 0.2) is 0 Å². The minimum Gasteiger partial charge on any atom is -0.322 e. The zero-order chi connectivity index (χ0) is 21.0. The average molecular weight is 455 g/mol. The van der Waals surface area contributed by atoms with Crippen molar-refractivity contribution in [2.75, 3.05) is 5.32 Å². The third kappa shape index (κ3) is 4.85. The van der Waals surface area contributed by atoms with Crippen LogP contribution in [-0.4, -0.2) is 14.3 Å². The topological polar surface area (TPSA) is 75.3 Å². The first-order valence-electron chi connectivity index (χ1n) is 9.07. The lowest BCUT2D eigenvalue weighted by Crippen LogP contribution is -2.23. The molecule has 2 N–H and O–H groups in total. The van der Waals surface area contributed by atoms with Crippen LogP contribution in [0, 0.1) is 0 Å². The van der Waals surface area contributed by atoms with Gasteiger partial charge in [0.05, 0.1) is 4.90 Å². The van der Waals surface area contributed by atoms with Gasteiger partial charge in [-0.05, 0) is 69.7 Å². The molecule has 0 bridgehead atoms. The highest BCUT2D eigenvalue weighted by molar-refractivity contribution is 7.89. The Morgan fingerprint density at radius 3 is 2.53 bits per heavy atom. The molecular weight excluding hydrogens is 436 g/mol. The van der Waals surface area contributed by atoms with Crippen LogP contribution in [0.25, 0.3) is 11.1 Å². The fraction of sp³-hybridized carbons (Fsp3) is 0.0455. The lowest BCUT2D eigenvalue weighted by molar-refractivity contribution is 0.102. The van der Waals surface area contributed by atoms with Crippen molar-refractivity contribution in [2.45, 2.75) is 11.4 Å². The molecule has 0 aliphatic carbocycles. The zero-order valence-electron chi connectivity index (χ0n) is 15.7. The van der Waals surface area contributed by atoms with Crippen molar-refractivity contribution in [2.24, 2.45) is 0 Å². The first kappa shape index (κ1) is 20.5. The Morgan fingerprint density at radius 2 is 1.77 bits per heavy atom. The highest BCUT2D eigenvalue weighted by atomic mass is 32.2. The second-order valence-corrected chi connectivity index (χ2v) is 10.1. The van der Waals surface area contributed by atoms with E-state index in [9.17, 15) is 13.2 Å². The van der Waals surface area contributed by atoms with Gasteiger partial charge in [0.25, 0.3) is 5.91 Å². The van der Waals surface area contributed by atoms with Crippen LogP contribution in [0.3, 0.4) is 0 Å². The SMILES string of the molecule is O=C(Nc1cccc(-c2ccsc2)c1)c1cccc(S(=O)(=O)NCc2cccs2)c1. The van der Waals surface area contributed by atoms with Gasteiger partial charge in [0, 0.05) is 22.7 Å². The molecule has 0 saturated heterocycles. The first-order chi connectivity index (χ1) is 14.5. The number of nitrogens with one attached hydrogen (secondary N) is 2. The highest BCUT2D eigenvalue weighted by Gasteiger charge is 2.16. The van der Waals surface area contributed by atoms with Crippen molar-refractivity contribution < 1.29 is 13.2 Å². The van der Waals surface area contributed by atoms with Crippen LogP contribution in [-0.2, 0) is 16.6 Å². The van der Waals surface area contributed by atoms with Gasteiger partial charge in [-0.15, -0.1) is 11.3 Å². The molecule has 4 aromatic rings. The monoisotopic (exact) mass is 454 g/mol. The molecule has 4 rings (SSSR count). The van der Waals surface area contributed by atoms with E-state index in [0.717, 1.165) is 16.0 Å². The van der Waals surface area contributed by atoms with Crippen LogP contribution in [0.2, 0.25) is 0 Å². The lowest BCUT2D eigenvalue weighted by Gasteiger charge is -2.09. The van der Waals surface area contributed by atoms with Gasteiger partial charge in [-0.3, -0.25) is 4.79 Å². The van der Waals surface area contributed by atoms with Crippen LogP contribution >= 0.6 is 22.7 Å². The number of carbonyl (C=O) groups excluding carboxylic acids is 1. The standard InChI is InChI=1S/C22H18N2O3S3/c25-22(24-19-6-1-4-16(12-19)18-9-11-28-15-18)17-5-2-8-21(13-17)30(26,27)23-14-20-7-3-10-29-20/h1-13,15,23H,14H2,(H,24,25). The zero-order valence-corrected chi connectivity index (χ0v) is 18.2. The van der Waals surface area contributed by atoms with Crippen molar-refractivity contribution in [3.63, 3.8) is 0 Å². The summed E-state index contributed by atoms with van der Waals surface area (Å²) in [7, 11) is -3.72. The van der Waals surface area contributed by atoms with Gasteiger partial charge in [-0.1, -0.05) is 24.3 Å². The summed E-state index contributed by atoms with van der Waals surface area (Å²) in [5.41, 5.74) is 3.01. The van der Waals surface area contributed by atoms with Crippen molar-refractivity contribution in [3.8, 4) is 11.1 Å². The normalized spacial score (nSPS) is 11.3. The van der Waals surface area contributed by atoms with Gasteiger partial charge in [0.2, 0.25) is 10.0 Å². The number of hydrogen-bond donors (Lipinski definition) is 2. The number of hydrogen-bond acceptors (Lipinski definition) is 5. The molecule has 0 unspecified atom stereocenters. The van der Waals surface area contributed by atoms with Gasteiger partial charge >= 0.3 is 0 Å². The smallest absolute Gasteiger partial charge is 0.255 e. The van der Waals surface area contributed by atoms with Crippen LogP contribution < -0.4 is 10.0 Å². The minimum absolute atomic E-state index is 0.0544. The summed E-state index contributed by atoms with van der Waals surface area (Å²) < 4.78 is 27.8. The number of benzene rings is 2. The lowest BCUT2D eigenvalue weighted by atomic mass is 10.1. The van der Waals surface area contributed by atoms with Crippen LogP contribution in [0.15, 0.2) is 87.8 Å². The number of amides is 1. The molecule has 5 nitrogen and oxygen atoms in total. The van der Waals surface area contributed by atoms with Gasteiger partial charge in [-0.25, -0.2) is 13.1 Å². The maximum atomic E-state index is 12.7. The quantitative estimate of drug-likeness (QED) is 0.403.